The maximum Gasteiger partial charge on any atom is 0.303 e. The molecule has 0 radical (unpaired) electrons. The Hall–Kier alpha value is -2.14. The molecule has 0 saturated heterocycles. The van der Waals surface area contributed by atoms with Gasteiger partial charge in [-0.2, -0.15) is 0 Å². The van der Waals surface area contributed by atoms with Gasteiger partial charge in [0.25, 0.3) is 5.91 Å². The van der Waals surface area contributed by atoms with Crippen molar-refractivity contribution < 1.29 is 14.7 Å². The minimum absolute atomic E-state index is 0.0641. The van der Waals surface area contributed by atoms with Gasteiger partial charge in [-0.25, -0.2) is 0 Å². The number of amides is 1. The molecule has 0 saturated carbocycles. The van der Waals surface area contributed by atoms with E-state index in [4.69, 9.17) is 5.11 Å². The van der Waals surface area contributed by atoms with Gasteiger partial charge in [0.05, 0.1) is 4.88 Å². The quantitative estimate of drug-likeness (QED) is 0.884. The number of nitrogens with one attached hydrogen (secondary N) is 1. The lowest BCUT2D eigenvalue weighted by Gasteiger charge is -2.15. The Morgan fingerprint density at radius 1 is 1.26 bits per heavy atom. The Balaban J connectivity index is 1.72. The van der Waals surface area contributed by atoms with E-state index < -0.39 is 5.97 Å². The van der Waals surface area contributed by atoms with Crippen molar-refractivity contribution in [3.8, 4) is 10.4 Å². The second kappa shape index (κ2) is 6.54. The van der Waals surface area contributed by atoms with Crippen molar-refractivity contribution in [3.63, 3.8) is 0 Å². The molecule has 120 valence electrons. The molecule has 1 aliphatic carbocycles. The summed E-state index contributed by atoms with van der Waals surface area (Å²) in [6, 6.07) is 10.3. The van der Waals surface area contributed by atoms with Crippen molar-refractivity contribution in [2.45, 2.75) is 26.2 Å². The number of hydrogen-bond donors (Lipinski definition) is 2. The lowest BCUT2D eigenvalue weighted by molar-refractivity contribution is -0.137. The van der Waals surface area contributed by atoms with Gasteiger partial charge in [-0.1, -0.05) is 31.2 Å². The van der Waals surface area contributed by atoms with E-state index in [9.17, 15) is 9.59 Å². The zero-order valence-corrected chi connectivity index (χ0v) is 13.8. The number of aliphatic carboxylic acids is 1. The van der Waals surface area contributed by atoms with Crippen molar-refractivity contribution in [1.82, 2.24) is 5.32 Å². The molecule has 4 nitrogen and oxygen atoms in total. The molecule has 0 fully saturated rings. The van der Waals surface area contributed by atoms with E-state index in [2.05, 4.69) is 23.5 Å². The highest BCUT2D eigenvalue weighted by molar-refractivity contribution is 7.17. The van der Waals surface area contributed by atoms with Gasteiger partial charge in [0.1, 0.15) is 0 Å². The SMILES string of the molecule is CC(CNC(=O)c1cc2c(s1)-c1ccccc1CC2)CC(=O)O. The largest absolute Gasteiger partial charge is 0.481 e. The van der Waals surface area contributed by atoms with E-state index in [1.807, 2.05) is 19.1 Å². The Labute approximate surface area is 139 Å². The third-order valence-electron chi connectivity index (χ3n) is 4.09. The van der Waals surface area contributed by atoms with Crippen LogP contribution in [0.5, 0.6) is 0 Å². The summed E-state index contributed by atoms with van der Waals surface area (Å²) in [4.78, 5) is 24.9. The second-order valence-electron chi connectivity index (χ2n) is 6.04. The van der Waals surface area contributed by atoms with Gasteiger partial charge in [-0.05, 0) is 41.5 Å². The van der Waals surface area contributed by atoms with Gasteiger partial charge in [-0.3, -0.25) is 9.59 Å². The monoisotopic (exact) mass is 329 g/mol. The average molecular weight is 329 g/mol. The van der Waals surface area contributed by atoms with Gasteiger partial charge in [0.2, 0.25) is 0 Å². The van der Waals surface area contributed by atoms with Crippen LogP contribution in [-0.2, 0) is 17.6 Å². The molecule has 2 N–H and O–H groups in total. The first-order chi connectivity index (χ1) is 11.0. The van der Waals surface area contributed by atoms with Gasteiger partial charge < -0.3 is 10.4 Å². The van der Waals surface area contributed by atoms with E-state index >= 15 is 0 Å². The van der Waals surface area contributed by atoms with E-state index in [1.165, 1.54) is 32.9 Å². The molecule has 0 spiro atoms. The number of thiophene rings is 1. The van der Waals surface area contributed by atoms with Gasteiger partial charge in [0, 0.05) is 17.8 Å². The molecule has 0 bridgehead atoms. The van der Waals surface area contributed by atoms with Crippen molar-refractivity contribution >= 4 is 23.2 Å². The summed E-state index contributed by atoms with van der Waals surface area (Å²) in [6.45, 7) is 2.20. The average Bonchev–Trinajstić information content (AvgIpc) is 2.96. The van der Waals surface area contributed by atoms with E-state index in [1.54, 1.807) is 0 Å². The van der Waals surface area contributed by atoms with Crippen LogP contribution >= 0.6 is 11.3 Å². The molecule has 3 rings (SSSR count). The molecular weight excluding hydrogens is 310 g/mol. The lowest BCUT2D eigenvalue weighted by Crippen LogP contribution is -2.28. The van der Waals surface area contributed by atoms with Crippen LogP contribution in [0.4, 0.5) is 0 Å². The first kappa shape index (κ1) is 15.7. The summed E-state index contributed by atoms with van der Waals surface area (Å²) in [5, 5.41) is 11.6. The molecular formula is C18H19NO3S. The fourth-order valence-corrected chi connectivity index (χ4v) is 4.09. The van der Waals surface area contributed by atoms with Crippen molar-refractivity contribution in [2.75, 3.05) is 6.54 Å². The summed E-state index contributed by atoms with van der Waals surface area (Å²) < 4.78 is 0. The highest BCUT2D eigenvalue weighted by atomic mass is 32.1. The number of rotatable bonds is 5. The molecule has 1 amide bonds. The number of carboxylic acid groups (broad SMARTS) is 1. The normalized spacial score (nSPS) is 13.8. The molecule has 1 unspecified atom stereocenters. The summed E-state index contributed by atoms with van der Waals surface area (Å²) >= 11 is 1.52. The first-order valence-electron chi connectivity index (χ1n) is 7.75. The maximum atomic E-state index is 12.3. The number of benzene rings is 1. The smallest absolute Gasteiger partial charge is 0.303 e. The molecule has 23 heavy (non-hydrogen) atoms. The van der Waals surface area contributed by atoms with Crippen LogP contribution in [-0.4, -0.2) is 23.5 Å². The van der Waals surface area contributed by atoms with Crippen molar-refractivity contribution in [3.05, 3.63) is 46.3 Å². The third-order valence-corrected chi connectivity index (χ3v) is 5.30. The molecule has 2 aromatic rings. The second-order valence-corrected chi connectivity index (χ2v) is 7.09. The zero-order chi connectivity index (χ0) is 16.4. The summed E-state index contributed by atoms with van der Waals surface area (Å²) in [6.07, 6.45) is 2.04. The fourth-order valence-electron chi connectivity index (χ4n) is 2.91. The van der Waals surface area contributed by atoms with Crippen molar-refractivity contribution in [2.24, 2.45) is 5.92 Å². The Kier molecular flexibility index (Phi) is 4.48. The predicted molar refractivity (Wildman–Crippen MR) is 90.9 cm³/mol. The summed E-state index contributed by atoms with van der Waals surface area (Å²) in [5.41, 5.74) is 3.80. The minimum atomic E-state index is -0.838. The molecule has 0 aliphatic heterocycles. The number of fused-ring (bicyclic) bond motifs is 3. The molecule has 1 aliphatic rings. The van der Waals surface area contributed by atoms with Crippen molar-refractivity contribution in [1.29, 1.82) is 0 Å². The summed E-state index contributed by atoms with van der Waals surface area (Å²) in [7, 11) is 0. The maximum absolute atomic E-state index is 12.3. The minimum Gasteiger partial charge on any atom is -0.481 e. The molecule has 1 aromatic heterocycles. The number of carbonyl (C=O) groups excluding carboxylic acids is 1. The molecule has 1 atom stereocenters. The highest BCUT2D eigenvalue weighted by Gasteiger charge is 2.21. The highest BCUT2D eigenvalue weighted by Crippen LogP contribution is 2.39. The van der Waals surface area contributed by atoms with Crippen LogP contribution < -0.4 is 5.32 Å². The van der Waals surface area contributed by atoms with E-state index in [0.717, 1.165) is 12.8 Å². The number of carboxylic acids is 1. The molecule has 1 aromatic carbocycles. The fraction of sp³-hybridized carbons (Fsp3) is 0.333. The Morgan fingerprint density at radius 2 is 2.00 bits per heavy atom. The van der Waals surface area contributed by atoms with Gasteiger partial charge >= 0.3 is 5.97 Å². The van der Waals surface area contributed by atoms with Crippen LogP contribution in [0.1, 0.15) is 34.1 Å². The lowest BCUT2D eigenvalue weighted by atomic mass is 9.91. The predicted octanol–water partition coefficient (Wildman–Crippen LogP) is 3.35. The number of hydrogen-bond acceptors (Lipinski definition) is 3. The zero-order valence-electron chi connectivity index (χ0n) is 13.0. The Morgan fingerprint density at radius 3 is 2.78 bits per heavy atom. The number of carbonyl (C=O) groups is 2. The topological polar surface area (TPSA) is 66.4 Å². The number of aryl methyl sites for hydroxylation is 2. The first-order valence-corrected chi connectivity index (χ1v) is 8.57. The summed E-state index contributed by atoms with van der Waals surface area (Å²) in [5.74, 6) is -1.03. The molecule has 5 heteroatoms. The van der Waals surface area contributed by atoms with E-state index in [0.29, 0.717) is 11.4 Å². The van der Waals surface area contributed by atoms with Crippen LogP contribution in [0.3, 0.4) is 0 Å². The van der Waals surface area contributed by atoms with E-state index in [-0.39, 0.29) is 18.2 Å². The van der Waals surface area contributed by atoms with Gasteiger partial charge in [0.15, 0.2) is 0 Å². The van der Waals surface area contributed by atoms with Crippen LogP contribution in [0.15, 0.2) is 30.3 Å². The van der Waals surface area contributed by atoms with Gasteiger partial charge in [-0.15, -0.1) is 11.3 Å². The van der Waals surface area contributed by atoms with Crippen LogP contribution in [0.25, 0.3) is 10.4 Å². The van der Waals surface area contributed by atoms with Crippen LogP contribution in [0, 0.1) is 5.92 Å². The Bertz CT molecular complexity index is 750. The van der Waals surface area contributed by atoms with Crippen LogP contribution in [0.2, 0.25) is 0 Å². The standard InChI is InChI=1S/C18H19NO3S/c1-11(8-16(20)21)10-19-18(22)15-9-13-7-6-12-4-2-3-5-14(12)17(13)23-15/h2-5,9,11H,6-8,10H2,1H3,(H,19,22)(H,20,21). The third kappa shape index (κ3) is 3.45. The molecule has 1 heterocycles.